The highest BCUT2D eigenvalue weighted by molar-refractivity contribution is 5.85. The first kappa shape index (κ1) is 21.2. The van der Waals surface area contributed by atoms with Gasteiger partial charge in [0.25, 0.3) is 0 Å². The first-order valence-corrected chi connectivity index (χ1v) is 10.1. The highest BCUT2D eigenvalue weighted by Gasteiger charge is 2.30. The lowest BCUT2D eigenvalue weighted by molar-refractivity contribution is 0.195. The predicted molar refractivity (Wildman–Crippen MR) is 119 cm³/mol. The molecule has 0 bridgehead atoms. The summed E-state index contributed by atoms with van der Waals surface area (Å²) in [6.07, 6.45) is 0.966. The van der Waals surface area contributed by atoms with Crippen LogP contribution in [0.2, 0.25) is 0 Å². The van der Waals surface area contributed by atoms with E-state index in [-0.39, 0.29) is 24.3 Å². The van der Waals surface area contributed by atoms with E-state index in [0.717, 1.165) is 36.5 Å². The normalized spacial score (nSPS) is 14.5. The maximum atomic E-state index is 13.6. The Bertz CT molecular complexity index is 1130. The molecule has 1 aromatic heterocycles. The third-order valence-electron chi connectivity index (χ3n) is 5.69. The summed E-state index contributed by atoms with van der Waals surface area (Å²) in [5.41, 5.74) is 4.82. The van der Waals surface area contributed by atoms with Crippen LogP contribution in [-0.2, 0) is 19.5 Å². The number of hydrogen-bond donors (Lipinski definition) is 0. The third-order valence-corrected chi connectivity index (χ3v) is 5.69. The van der Waals surface area contributed by atoms with Crippen LogP contribution in [0.15, 0.2) is 78.9 Å². The third kappa shape index (κ3) is 4.50. The molecule has 0 amide bonds. The van der Waals surface area contributed by atoms with Crippen molar-refractivity contribution in [2.45, 2.75) is 25.6 Å². The molecule has 1 aliphatic rings. The number of tetrazole rings is 1. The Morgan fingerprint density at radius 3 is 2.35 bits per heavy atom. The number of aromatic nitrogens is 4. The van der Waals surface area contributed by atoms with E-state index >= 15 is 0 Å². The number of rotatable bonds is 5. The molecule has 0 N–H and O–H groups in total. The lowest BCUT2D eigenvalue weighted by Crippen LogP contribution is -2.36. The van der Waals surface area contributed by atoms with Gasteiger partial charge < -0.3 is 0 Å². The van der Waals surface area contributed by atoms with Crippen LogP contribution in [0.1, 0.15) is 34.1 Å². The van der Waals surface area contributed by atoms with Crippen molar-refractivity contribution >= 4 is 12.4 Å². The molecule has 1 atom stereocenters. The Kier molecular flexibility index (Phi) is 6.39. The molecule has 0 saturated carbocycles. The van der Waals surface area contributed by atoms with Crippen molar-refractivity contribution in [3.05, 3.63) is 113 Å². The number of benzene rings is 3. The minimum atomic E-state index is -0.245. The van der Waals surface area contributed by atoms with E-state index in [9.17, 15) is 4.39 Å². The molecule has 3 aromatic carbocycles. The van der Waals surface area contributed by atoms with E-state index < -0.39 is 0 Å². The highest BCUT2D eigenvalue weighted by atomic mass is 35.5. The van der Waals surface area contributed by atoms with Gasteiger partial charge in [0.05, 0.1) is 12.6 Å². The summed E-state index contributed by atoms with van der Waals surface area (Å²) in [4.78, 5) is 2.38. The van der Waals surface area contributed by atoms with Crippen LogP contribution in [0.5, 0.6) is 0 Å². The molecule has 7 heteroatoms. The first-order chi connectivity index (χ1) is 14.8. The van der Waals surface area contributed by atoms with Crippen LogP contribution in [0.25, 0.3) is 0 Å². The molecule has 5 nitrogen and oxygen atoms in total. The van der Waals surface area contributed by atoms with Crippen molar-refractivity contribution < 1.29 is 4.39 Å². The van der Waals surface area contributed by atoms with Gasteiger partial charge in [0.15, 0.2) is 5.82 Å². The van der Waals surface area contributed by atoms with Crippen LogP contribution in [0, 0.1) is 5.82 Å². The molecule has 158 valence electrons. The number of fused-ring (bicyclic) bond motifs is 1. The molecular weight excluding hydrogens is 413 g/mol. The summed E-state index contributed by atoms with van der Waals surface area (Å²) in [5.74, 6) is 0.523. The summed E-state index contributed by atoms with van der Waals surface area (Å²) in [6.45, 7) is 2.28. The lowest BCUT2D eigenvalue weighted by atomic mass is 9.96. The standard InChI is InChI=1S/C24H22FN5.ClH/c25-22-12-10-20(11-13-22)23(29-15-14-19-8-4-5-9-21(19)17-29)24-26-27-28-30(24)16-18-6-2-1-3-7-18;/h1-13,23H,14-17H2;1H. The van der Waals surface area contributed by atoms with Crippen LogP contribution in [-0.4, -0.2) is 31.7 Å². The van der Waals surface area contributed by atoms with Crippen molar-refractivity contribution in [3.63, 3.8) is 0 Å². The molecule has 0 aliphatic carbocycles. The molecule has 2 heterocycles. The van der Waals surface area contributed by atoms with Crippen molar-refractivity contribution in [2.24, 2.45) is 0 Å². The van der Waals surface area contributed by atoms with Crippen LogP contribution in [0.3, 0.4) is 0 Å². The minimum Gasteiger partial charge on any atom is -0.285 e. The molecule has 0 saturated heterocycles. The van der Waals surface area contributed by atoms with Gasteiger partial charge in [-0.2, -0.15) is 0 Å². The molecule has 1 aliphatic heterocycles. The van der Waals surface area contributed by atoms with Gasteiger partial charge in [0.1, 0.15) is 5.82 Å². The monoisotopic (exact) mass is 435 g/mol. The zero-order valence-corrected chi connectivity index (χ0v) is 17.8. The van der Waals surface area contributed by atoms with Gasteiger partial charge in [-0.05, 0) is 51.2 Å². The summed E-state index contributed by atoms with van der Waals surface area (Å²) >= 11 is 0. The zero-order valence-electron chi connectivity index (χ0n) is 16.9. The van der Waals surface area contributed by atoms with E-state index in [1.807, 2.05) is 35.0 Å². The summed E-state index contributed by atoms with van der Waals surface area (Å²) in [6, 6.07) is 25.2. The van der Waals surface area contributed by atoms with Gasteiger partial charge in [0, 0.05) is 13.1 Å². The van der Waals surface area contributed by atoms with E-state index in [1.54, 1.807) is 0 Å². The maximum Gasteiger partial charge on any atom is 0.173 e. The van der Waals surface area contributed by atoms with E-state index in [1.165, 1.54) is 23.3 Å². The van der Waals surface area contributed by atoms with E-state index in [2.05, 4.69) is 56.8 Å². The second-order valence-electron chi connectivity index (χ2n) is 7.62. The molecule has 0 fully saturated rings. The van der Waals surface area contributed by atoms with Crippen LogP contribution >= 0.6 is 12.4 Å². The van der Waals surface area contributed by atoms with Crippen molar-refractivity contribution in [1.82, 2.24) is 25.1 Å². The molecule has 5 rings (SSSR count). The average molecular weight is 436 g/mol. The van der Waals surface area contributed by atoms with Gasteiger partial charge in [-0.3, -0.25) is 4.90 Å². The smallest absolute Gasteiger partial charge is 0.173 e. The number of hydrogen-bond acceptors (Lipinski definition) is 4. The lowest BCUT2D eigenvalue weighted by Gasteiger charge is -2.35. The Morgan fingerprint density at radius 2 is 1.58 bits per heavy atom. The van der Waals surface area contributed by atoms with Crippen LogP contribution in [0.4, 0.5) is 4.39 Å². The Labute approximate surface area is 186 Å². The van der Waals surface area contributed by atoms with E-state index in [4.69, 9.17) is 0 Å². The maximum absolute atomic E-state index is 13.6. The fraction of sp³-hybridized carbons (Fsp3) is 0.208. The van der Waals surface area contributed by atoms with Crippen molar-refractivity contribution in [3.8, 4) is 0 Å². The van der Waals surface area contributed by atoms with Gasteiger partial charge >= 0.3 is 0 Å². The quantitative estimate of drug-likeness (QED) is 0.465. The molecule has 31 heavy (non-hydrogen) atoms. The Balaban J connectivity index is 0.00000231. The Morgan fingerprint density at radius 1 is 0.871 bits per heavy atom. The second kappa shape index (κ2) is 9.37. The van der Waals surface area contributed by atoms with Gasteiger partial charge in [-0.15, -0.1) is 17.5 Å². The average Bonchev–Trinajstić information content (AvgIpc) is 3.23. The molecule has 0 radical (unpaired) electrons. The zero-order chi connectivity index (χ0) is 20.3. The fourth-order valence-corrected chi connectivity index (χ4v) is 4.18. The minimum absolute atomic E-state index is 0. The molecule has 4 aromatic rings. The van der Waals surface area contributed by atoms with Gasteiger partial charge in [-0.1, -0.05) is 66.7 Å². The molecule has 0 spiro atoms. The summed E-state index contributed by atoms with van der Waals surface area (Å²) < 4.78 is 15.5. The second-order valence-corrected chi connectivity index (χ2v) is 7.62. The topological polar surface area (TPSA) is 46.8 Å². The summed E-state index contributed by atoms with van der Waals surface area (Å²) in [7, 11) is 0. The van der Waals surface area contributed by atoms with Crippen LogP contribution < -0.4 is 0 Å². The first-order valence-electron chi connectivity index (χ1n) is 10.1. The fourth-order valence-electron chi connectivity index (χ4n) is 4.18. The SMILES string of the molecule is Cl.Fc1ccc(C(c2nnnn2Cc2ccccc2)N2CCc3ccccc3C2)cc1. The molecule has 1 unspecified atom stereocenters. The number of halogens is 2. The number of nitrogens with zero attached hydrogens (tertiary/aromatic N) is 5. The van der Waals surface area contributed by atoms with E-state index in [0.29, 0.717) is 6.54 Å². The highest BCUT2D eigenvalue weighted by Crippen LogP contribution is 2.32. The predicted octanol–water partition coefficient (Wildman–Crippen LogP) is 4.43. The summed E-state index contributed by atoms with van der Waals surface area (Å²) in [5, 5.41) is 12.7. The molecular formula is C24H23ClFN5. The Hall–Kier alpha value is -3.09. The van der Waals surface area contributed by atoms with Crippen molar-refractivity contribution in [2.75, 3.05) is 6.54 Å². The van der Waals surface area contributed by atoms with Gasteiger partial charge in [-0.25, -0.2) is 9.07 Å². The van der Waals surface area contributed by atoms with Crippen molar-refractivity contribution in [1.29, 1.82) is 0 Å². The van der Waals surface area contributed by atoms with Gasteiger partial charge in [0.2, 0.25) is 0 Å². The largest absolute Gasteiger partial charge is 0.285 e.